The van der Waals surface area contributed by atoms with E-state index in [0.717, 1.165) is 11.8 Å². The molecule has 1 nitrogen and oxygen atoms in total. The third-order valence-electron chi connectivity index (χ3n) is 0.936. The Morgan fingerprint density at radius 3 is 2.11 bits per heavy atom. The van der Waals surface area contributed by atoms with Crippen LogP contribution in [0.25, 0.3) is 0 Å². The molecule has 1 aromatic carbocycles. The molecule has 0 aliphatic carbocycles. The minimum absolute atomic E-state index is 0. The summed E-state index contributed by atoms with van der Waals surface area (Å²) < 4.78 is 0. The summed E-state index contributed by atoms with van der Waals surface area (Å²) in [7, 11) is 0. The maximum absolute atomic E-state index is 10.0. The Labute approximate surface area is 77.9 Å². The maximum Gasteiger partial charge on any atom is 1.00 e. The van der Waals surface area contributed by atoms with Crippen molar-refractivity contribution in [3.8, 4) is 0 Å². The molecular weight excluding hydrogens is 123 g/mol. The molecule has 1 rings (SSSR count). The molecule has 0 atom stereocenters. The van der Waals surface area contributed by atoms with Gasteiger partial charge in [0.15, 0.2) is 0 Å². The monoisotopic (exact) mass is 130 g/mol. The fourth-order valence-corrected chi connectivity index (χ4v) is 0.532. The molecule has 0 saturated carbocycles. The average Bonchev–Trinajstić information content (AvgIpc) is 1.90. The van der Waals surface area contributed by atoms with Crippen LogP contribution in [0, 0.1) is 0 Å². The number of aldehydes is 1. The minimum Gasteiger partial charge on any atom is -1.00 e. The van der Waals surface area contributed by atoms with Crippen molar-refractivity contribution in [3.05, 3.63) is 35.9 Å². The van der Waals surface area contributed by atoms with Gasteiger partial charge in [-0.3, -0.25) is 4.79 Å². The molecule has 42 valence electrons. The first-order chi connectivity index (χ1) is 3.93. The van der Waals surface area contributed by atoms with Gasteiger partial charge in [-0.15, -0.1) is 0 Å². The first-order valence-electron chi connectivity index (χ1n) is 2.44. The number of benzene rings is 1. The van der Waals surface area contributed by atoms with Gasteiger partial charge in [-0.25, -0.2) is 0 Å². The molecule has 1 aromatic rings. The molecule has 0 aliphatic heterocycles. The molecule has 0 saturated heterocycles. The first-order valence-corrected chi connectivity index (χ1v) is 2.44. The molecule has 0 N–H and O–H groups in total. The number of hydrogen-bond donors (Lipinski definition) is 0. The van der Waals surface area contributed by atoms with E-state index in [1.54, 1.807) is 12.1 Å². The SMILES string of the molecule is O=Cc1ccccc1.[H-].[Na+]. The summed E-state index contributed by atoms with van der Waals surface area (Å²) in [6, 6.07) is 9.10. The molecule has 0 aromatic heterocycles. The van der Waals surface area contributed by atoms with Crippen molar-refractivity contribution in [2.45, 2.75) is 0 Å². The van der Waals surface area contributed by atoms with E-state index in [2.05, 4.69) is 0 Å². The zero-order valence-electron chi connectivity index (χ0n) is 6.37. The van der Waals surface area contributed by atoms with Crippen molar-refractivity contribution >= 4 is 6.29 Å². The van der Waals surface area contributed by atoms with Crippen LogP contribution in [-0.4, -0.2) is 6.29 Å². The predicted molar refractivity (Wildman–Crippen MR) is 32.9 cm³/mol. The second-order valence-electron chi connectivity index (χ2n) is 1.53. The van der Waals surface area contributed by atoms with Gasteiger partial charge < -0.3 is 1.43 Å². The second kappa shape index (κ2) is 4.74. The van der Waals surface area contributed by atoms with Crippen LogP contribution in [-0.2, 0) is 0 Å². The van der Waals surface area contributed by atoms with Crippen LogP contribution in [0.15, 0.2) is 30.3 Å². The van der Waals surface area contributed by atoms with Gasteiger partial charge >= 0.3 is 29.6 Å². The first kappa shape index (κ1) is 8.89. The largest absolute Gasteiger partial charge is 1.00 e. The zero-order valence-corrected chi connectivity index (χ0v) is 7.37. The van der Waals surface area contributed by atoms with Crippen LogP contribution in [0.2, 0.25) is 0 Å². The summed E-state index contributed by atoms with van der Waals surface area (Å²) in [6.45, 7) is 0. The zero-order chi connectivity index (χ0) is 5.82. The minimum atomic E-state index is 0. The Hall–Kier alpha value is -0.110. The summed E-state index contributed by atoms with van der Waals surface area (Å²) in [5, 5.41) is 0. The summed E-state index contributed by atoms with van der Waals surface area (Å²) in [6.07, 6.45) is 0.833. The normalized spacial score (nSPS) is 7.56. The summed E-state index contributed by atoms with van der Waals surface area (Å²) in [5.74, 6) is 0. The Bertz CT molecular complexity index is 176. The molecular formula is C7H7NaO. The van der Waals surface area contributed by atoms with E-state index in [4.69, 9.17) is 0 Å². The van der Waals surface area contributed by atoms with Crippen molar-refractivity contribution < 1.29 is 35.8 Å². The van der Waals surface area contributed by atoms with Crippen LogP contribution < -0.4 is 29.6 Å². The molecule has 0 unspecified atom stereocenters. The maximum atomic E-state index is 10.0. The van der Waals surface area contributed by atoms with Crippen molar-refractivity contribution in [2.75, 3.05) is 0 Å². The molecule has 0 heterocycles. The topological polar surface area (TPSA) is 17.1 Å². The number of carbonyl (C=O) groups excluding carboxylic acids is 1. The van der Waals surface area contributed by atoms with E-state index in [9.17, 15) is 4.79 Å². The Balaban J connectivity index is 0. The van der Waals surface area contributed by atoms with Gasteiger partial charge in [-0.1, -0.05) is 30.3 Å². The molecule has 0 bridgehead atoms. The molecule has 0 aliphatic rings. The van der Waals surface area contributed by atoms with E-state index in [1.165, 1.54) is 0 Å². The smallest absolute Gasteiger partial charge is 1.00 e. The van der Waals surface area contributed by atoms with Gasteiger partial charge in [0.25, 0.3) is 0 Å². The fraction of sp³-hybridized carbons (Fsp3) is 0. The third kappa shape index (κ3) is 2.80. The van der Waals surface area contributed by atoms with Crippen LogP contribution in [0.5, 0.6) is 0 Å². The van der Waals surface area contributed by atoms with Gasteiger partial charge in [0.2, 0.25) is 0 Å². The molecule has 9 heavy (non-hydrogen) atoms. The number of hydrogen-bond acceptors (Lipinski definition) is 1. The summed E-state index contributed by atoms with van der Waals surface area (Å²) in [4.78, 5) is 10.0. The Morgan fingerprint density at radius 1 is 1.22 bits per heavy atom. The van der Waals surface area contributed by atoms with E-state index in [1.807, 2.05) is 18.2 Å². The standard InChI is InChI=1S/C7H6O.Na.H/c8-6-7-4-2-1-3-5-7;;/h1-6H;;/q;+1;-1. The van der Waals surface area contributed by atoms with Gasteiger partial charge in [-0.2, -0.15) is 0 Å². The predicted octanol–water partition coefficient (Wildman–Crippen LogP) is -1.38. The molecule has 0 spiro atoms. The quantitative estimate of drug-likeness (QED) is 0.338. The van der Waals surface area contributed by atoms with E-state index in [-0.39, 0.29) is 31.0 Å². The van der Waals surface area contributed by atoms with Crippen LogP contribution >= 0.6 is 0 Å². The summed E-state index contributed by atoms with van der Waals surface area (Å²) in [5.41, 5.74) is 0.729. The number of carbonyl (C=O) groups is 1. The van der Waals surface area contributed by atoms with Crippen LogP contribution in [0.3, 0.4) is 0 Å². The molecule has 0 amide bonds. The number of rotatable bonds is 1. The van der Waals surface area contributed by atoms with Crippen molar-refractivity contribution in [2.24, 2.45) is 0 Å². The van der Waals surface area contributed by atoms with Crippen molar-refractivity contribution in [1.29, 1.82) is 0 Å². The van der Waals surface area contributed by atoms with Gasteiger partial charge in [0.1, 0.15) is 6.29 Å². The van der Waals surface area contributed by atoms with Crippen molar-refractivity contribution in [3.63, 3.8) is 0 Å². The fourth-order valence-electron chi connectivity index (χ4n) is 0.532. The van der Waals surface area contributed by atoms with E-state index < -0.39 is 0 Å². The second-order valence-corrected chi connectivity index (χ2v) is 1.53. The third-order valence-corrected chi connectivity index (χ3v) is 0.936. The molecule has 0 radical (unpaired) electrons. The van der Waals surface area contributed by atoms with Crippen molar-refractivity contribution in [1.82, 2.24) is 0 Å². The van der Waals surface area contributed by atoms with Gasteiger partial charge in [0, 0.05) is 5.56 Å². The van der Waals surface area contributed by atoms with Crippen LogP contribution in [0.4, 0.5) is 0 Å². The van der Waals surface area contributed by atoms with E-state index in [0.29, 0.717) is 0 Å². The Morgan fingerprint density at radius 2 is 1.78 bits per heavy atom. The molecule has 0 fully saturated rings. The average molecular weight is 130 g/mol. The Kier molecular flexibility index (Phi) is 4.68. The van der Waals surface area contributed by atoms with Crippen LogP contribution in [0.1, 0.15) is 11.8 Å². The summed E-state index contributed by atoms with van der Waals surface area (Å²) >= 11 is 0. The molecule has 2 heteroatoms. The van der Waals surface area contributed by atoms with Gasteiger partial charge in [0.05, 0.1) is 0 Å². The van der Waals surface area contributed by atoms with E-state index >= 15 is 0 Å². The van der Waals surface area contributed by atoms with Gasteiger partial charge in [-0.05, 0) is 0 Å².